The predicted molar refractivity (Wildman–Crippen MR) is 101 cm³/mol. The Hall–Kier alpha value is -2.64. The Balaban J connectivity index is 1.51. The highest BCUT2D eigenvalue weighted by Crippen LogP contribution is 2.33. The SMILES string of the molecule is C[NH+]1CC[NH+]([C@@H](CNC(=O)c2ccc(F)cc2)c2ccc3c(c2)OCO3)CC1. The number of carbonyl (C=O) groups excluding carboxylic acids is 1. The molecule has 1 atom stereocenters. The molecule has 0 spiro atoms. The van der Waals surface area contributed by atoms with Crippen LogP contribution in [0.5, 0.6) is 11.5 Å². The van der Waals surface area contributed by atoms with Crippen molar-refractivity contribution in [2.45, 2.75) is 6.04 Å². The first-order valence-electron chi connectivity index (χ1n) is 9.69. The standard InChI is InChI=1S/C21H24FN3O3/c1-24-8-10-25(11-9-24)18(16-4-7-19-20(12-16)28-14-27-19)13-23-21(26)15-2-5-17(22)6-3-15/h2-7,12,18H,8-11,13-14H2,1H3,(H,23,26)/p+2/t18-/m0/s1. The van der Waals surface area contributed by atoms with Crippen molar-refractivity contribution < 1.29 is 28.5 Å². The Bertz CT molecular complexity index is 835. The molecule has 0 saturated carbocycles. The average Bonchev–Trinajstić information content (AvgIpc) is 3.18. The van der Waals surface area contributed by atoms with Crippen molar-refractivity contribution in [3.63, 3.8) is 0 Å². The highest BCUT2D eigenvalue weighted by molar-refractivity contribution is 5.94. The number of rotatable bonds is 5. The Morgan fingerprint density at radius 3 is 2.54 bits per heavy atom. The monoisotopic (exact) mass is 387 g/mol. The maximum absolute atomic E-state index is 13.1. The van der Waals surface area contributed by atoms with E-state index in [4.69, 9.17) is 9.47 Å². The van der Waals surface area contributed by atoms with E-state index < -0.39 is 0 Å². The largest absolute Gasteiger partial charge is 0.454 e. The minimum Gasteiger partial charge on any atom is -0.454 e. The number of carbonyl (C=O) groups is 1. The van der Waals surface area contributed by atoms with E-state index in [1.165, 1.54) is 34.1 Å². The molecule has 0 aliphatic carbocycles. The summed E-state index contributed by atoms with van der Waals surface area (Å²) in [6.45, 7) is 5.03. The van der Waals surface area contributed by atoms with Crippen molar-refractivity contribution in [3.05, 3.63) is 59.4 Å². The number of hydrogen-bond acceptors (Lipinski definition) is 3. The van der Waals surface area contributed by atoms with Gasteiger partial charge in [0.25, 0.3) is 5.91 Å². The molecule has 148 valence electrons. The van der Waals surface area contributed by atoms with Crippen molar-refractivity contribution in [1.29, 1.82) is 0 Å². The van der Waals surface area contributed by atoms with Gasteiger partial charge in [-0.2, -0.15) is 0 Å². The molecular weight excluding hydrogens is 361 g/mol. The normalized spacial score (nSPS) is 21.9. The molecule has 28 heavy (non-hydrogen) atoms. The van der Waals surface area contributed by atoms with Gasteiger partial charge in [0.2, 0.25) is 6.79 Å². The first-order chi connectivity index (χ1) is 13.6. The van der Waals surface area contributed by atoms with E-state index in [1.54, 1.807) is 0 Å². The predicted octanol–water partition coefficient (Wildman–Crippen LogP) is -0.561. The van der Waals surface area contributed by atoms with Gasteiger partial charge >= 0.3 is 0 Å². The van der Waals surface area contributed by atoms with Crippen LogP contribution in [0, 0.1) is 5.82 Å². The average molecular weight is 387 g/mol. The van der Waals surface area contributed by atoms with E-state index in [-0.39, 0.29) is 24.6 Å². The Morgan fingerprint density at radius 1 is 1.07 bits per heavy atom. The minimum absolute atomic E-state index is 0.118. The van der Waals surface area contributed by atoms with Crippen molar-refractivity contribution in [2.75, 3.05) is 46.6 Å². The number of amides is 1. The lowest BCUT2D eigenvalue weighted by molar-refractivity contribution is -1.02. The third-order valence-corrected chi connectivity index (χ3v) is 5.61. The second-order valence-corrected chi connectivity index (χ2v) is 7.50. The van der Waals surface area contributed by atoms with Crippen LogP contribution in [0.15, 0.2) is 42.5 Å². The number of likely N-dealkylation sites (N-methyl/N-ethyl adjacent to an activating group) is 1. The van der Waals surface area contributed by atoms with Crippen LogP contribution in [-0.2, 0) is 0 Å². The summed E-state index contributed by atoms with van der Waals surface area (Å²) in [5.41, 5.74) is 1.59. The Kier molecular flexibility index (Phi) is 5.45. The van der Waals surface area contributed by atoms with Crippen LogP contribution in [-0.4, -0.2) is 52.5 Å². The summed E-state index contributed by atoms with van der Waals surface area (Å²) < 4.78 is 24.1. The molecule has 2 heterocycles. The summed E-state index contributed by atoms with van der Waals surface area (Å²) in [5, 5.41) is 3.03. The molecule has 1 fully saturated rings. The molecular formula is C21H26FN3O3+2. The van der Waals surface area contributed by atoms with E-state index in [0.717, 1.165) is 43.2 Å². The van der Waals surface area contributed by atoms with E-state index in [9.17, 15) is 9.18 Å². The van der Waals surface area contributed by atoms with Gasteiger partial charge in [0.15, 0.2) is 11.5 Å². The van der Waals surface area contributed by atoms with Gasteiger partial charge in [0, 0.05) is 11.1 Å². The summed E-state index contributed by atoms with van der Waals surface area (Å²) >= 11 is 0. The van der Waals surface area contributed by atoms with Crippen molar-refractivity contribution in [2.24, 2.45) is 0 Å². The lowest BCUT2D eigenvalue weighted by Crippen LogP contribution is -3.27. The fourth-order valence-corrected chi connectivity index (χ4v) is 3.87. The van der Waals surface area contributed by atoms with Crippen LogP contribution in [0.2, 0.25) is 0 Å². The van der Waals surface area contributed by atoms with Gasteiger partial charge in [-0.15, -0.1) is 0 Å². The molecule has 1 amide bonds. The minimum atomic E-state index is -0.348. The van der Waals surface area contributed by atoms with Gasteiger partial charge in [0.05, 0.1) is 13.6 Å². The van der Waals surface area contributed by atoms with Crippen LogP contribution in [0.4, 0.5) is 4.39 Å². The maximum Gasteiger partial charge on any atom is 0.251 e. The highest BCUT2D eigenvalue weighted by atomic mass is 19.1. The van der Waals surface area contributed by atoms with E-state index >= 15 is 0 Å². The molecule has 7 heteroatoms. The van der Waals surface area contributed by atoms with Crippen LogP contribution >= 0.6 is 0 Å². The molecule has 2 aliphatic rings. The number of ether oxygens (including phenoxy) is 2. The smallest absolute Gasteiger partial charge is 0.251 e. The zero-order chi connectivity index (χ0) is 19.5. The Labute approximate surface area is 163 Å². The van der Waals surface area contributed by atoms with Crippen molar-refractivity contribution >= 4 is 5.91 Å². The summed E-state index contributed by atoms with van der Waals surface area (Å²) in [6, 6.07) is 11.8. The molecule has 2 aromatic rings. The zero-order valence-electron chi connectivity index (χ0n) is 16.0. The summed E-state index contributed by atoms with van der Waals surface area (Å²) in [5.74, 6) is 0.978. The number of fused-ring (bicyclic) bond motifs is 1. The van der Waals surface area contributed by atoms with Gasteiger partial charge in [-0.05, 0) is 42.5 Å². The molecule has 0 bridgehead atoms. The molecule has 2 aliphatic heterocycles. The summed E-state index contributed by atoms with van der Waals surface area (Å²) in [6.07, 6.45) is 0. The number of quaternary nitrogens is 2. The molecule has 4 rings (SSSR count). The van der Waals surface area contributed by atoms with Gasteiger partial charge in [-0.3, -0.25) is 4.79 Å². The second kappa shape index (κ2) is 8.16. The summed E-state index contributed by atoms with van der Waals surface area (Å²) in [4.78, 5) is 15.5. The molecule has 2 aromatic carbocycles. The highest BCUT2D eigenvalue weighted by Gasteiger charge is 2.31. The van der Waals surface area contributed by atoms with Crippen LogP contribution in [0.1, 0.15) is 22.0 Å². The maximum atomic E-state index is 13.1. The van der Waals surface area contributed by atoms with Gasteiger partial charge in [-0.25, -0.2) is 4.39 Å². The fraction of sp³-hybridized carbons (Fsp3) is 0.381. The van der Waals surface area contributed by atoms with E-state index in [2.05, 4.69) is 18.4 Å². The zero-order valence-corrected chi connectivity index (χ0v) is 16.0. The molecule has 0 unspecified atom stereocenters. The van der Waals surface area contributed by atoms with Gasteiger partial charge in [-0.1, -0.05) is 0 Å². The molecule has 0 radical (unpaired) electrons. The van der Waals surface area contributed by atoms with Crippen molar-refractivity contribution in [3.8, 4) is 11.5 Å². The first kappa shape index (κ1) is 18.7. The lowest BCUT2D eigenvalue weighted by Gasteiger charge is -2.33. The van der Waals surface area contributed by atoms with Crippen molar-refractivity contribution in [1.82, 2.24) is 5.32 Å². The lowest BCUT2D eigenvalue weighted by atomic mass is 10.0. The molecule has 3 N–H and O–H groups in total. The quantitative estimate of drug-likeness (QED) is 0.645. The second-order valence-electron chi connectivity index (χ2n) is 7.50. The topological polar surface area (TPSA) is 56.4 Å². The number of hydrogen-bond donors (Lipinski definition) is 3. The molecule has 1 saturated heterocycles. The van der Waals surface area contributed by atoms with E-state index in [1.807, 2.05) is 12.1 Å². The number of halogens is 1. The first-order valence-corrected chi connectivity index (χ1v) is 9.69. The fourth-order valence-electron chi connectivity index (χ4n) is 3.87. The van der Waals surface area contributed by atoms with Gasteiger partial charge < -0.3 is 24.6 Å². The van der Waals surface area contributed by atoms with Crippen LogP contribution in [0.25, 0.3) is 0 Å². The van der Waals surface area contributed by atoms with Gasteiger partial charge in [0.1, 0.15) is 38.0 Å². The van der Waals surface area contributed by atoms with Crippen LogP contribution in [0.3, 0.4) is 0 Å². The third-order valence-electron chi connectivity index (χ3n) is 5.61. The number of piperazine rings is 1. The molecule has 6 nitrogen and oxygen atoms in total. The molecule has 0 aromatic heterocycles. The summed E-state index contributed by atoms with van der Waals surface area (Å²) in [7, 11) is 2.21. The third kappa shape index (κ3) is 4.10. The Morgan fingerprint density at radius 2 is 1.79 bits per heavy atom. The number of benzene rings is 2. The van der Waals surface area contributed by atoms with E-state index in [0.29, 0.717) is 12.1 Å². The number of nitrogens with one attached hydrogen (secondary N) is 3. The van der Waals surface area contributed by atoms with Crippen LogP contribution < -0.4 is 24.6 Å².